The molecule has 5 nitrogen and oxygen atoms in total. The van der Waals surface area contributed by atoms with Gasteiger partial charge in [-0.1, -0.05) is 0 Å². The van der Waals surface area contributed by atoms with Gasteiger partial charge < -0.3 is 15.2 Å². The van der Waals surface area contributed by atoms with Crippen LogP contribution in [0.5, 0.6) is 0 Å². The van der Waals surface area contributed by atoms with Crippen LogP contribution in [0.4, 0.5) is 0 Å². The van der Waals surface area contributed by atoms with Gasteiger partial charge in [-0.15, -0.1) is 0 Å². The second kappa shape index (κ2) is 5.34. The molecule has 0 amide bonds. The molecule has 2 unspecified atom stereocenters. The third-order valence-corrected chi connectivity index (χ3v) is 2.39. The Hall–Kier alpha value is -1.04. The summed E-state index contributed by atoms with van der Waals surface area (Å²) in [7, 11) is 0. The van der Waals surface area contributed by atoms with Gasteiger partial charge in [-0.2, -0.15) is 0 Å². The molecule has 2 rings (SSSR count). The highest BCUT2D eigenvalue weighted by Crippen LogP contribution is 2.16. The van der Waals surface area contributed by atoms with Gasteiger partial charge in [0.2, 0.25) is 0 Å². The molecule has 0 aromatic carbocycles. The van der Waals surface area contributed by atoms with Gasteiger partial charge in [-0.3, -0.25) is 0 Å². The molecule has 2 atom stereocenters. The molecule has 1 aromatic rings. The van der Waals surface area contributed by atoms with E-state index in [2.05, 4.69) is 9.97 Å². The summed E-state index contributed by atoms with van der Waals surface area (Å²) in [4.78, 5) is 8.57. The fourth-order valence-electron chi connectivity index (χ4n) is 1.65. The maximum absolute atomic E-state index is 5.71. The predicted octanol–water partition coefficient (Wildman–Crippen LogP) is 0.454. The van der Waals surface area contributed by atoms with Gasteiger partial charge in [0.25, 0.3) is 0 Å². The average molecular weight is 223 g/mol. The zero-order valence-corrected chi connectivity index (χ0v) is 9.43. The van der Waals surface area contributed by atoms with Crippen molar-refractivity contribution in [1.82, 2.24) is 9.97 Å². The number of nitrogens with zero attached hydrogens (tertiary/aromatic N) is 2. The van der Waals surface area contributed by atoms with Crippen LogP contribution in [0.1, 0.15) is 24.4 Å². The van der Waals surface area contributed by atoms with Crippen LogP contribution in [0.15, 0.2) is 12.4 Å². The Balaban J connectivity index is 2.00. The zero-order valence-electron chi connectivity index (χ0n) is 9.43. The lowest BCUT2D eigenvalue weighted by atomic mass is 10.1. The average Bonchev–Trinajstić information content (AvgIpc) is 2.30. The number of rotatable bonds is 3. The smallest absolute Gasteiger partial charge is 0.159 e. The molecular weight excluding hydrogens is 206 g/mol. The summed E-state index contributed by atoms with van der Waals surface area (Å²) in [6.07, 6.45) is 4.29. The highest BCUT2D eigenvalue weighted by atomic mass is 16.6. The molecule has 0 radical (unpaired) electrons. The van der Waals surface area contributed by atoms with E-state index in [4.69, 9.17) is 15.2 Å². The van der Waals surface area contributed by atoms with Crippen molar-refractivity contribution in [1.29, 1.82) is 0 Å². The van der Waals surface area contributed by atoms with Crippen molar-refractivity contribution in [3.63, 3.8) is 0 Å². The first kappa shape index (κ1) is 11.4. The fourth-order valence-corrected chi connectivity index (χ4v) is 1.65. The molecule has 0 bridgehead atoms. The second-order valence-corrected chi connectivity index (χ2v) is 4.07. The minimum atomic E-state index is -0.127. The number of hydrogen-bond donors (Lipinski definition) is 1. The highest BCUT2D eigenvalue weighted by molar-refractivity contribution is 5.08. The van der Waals surface area contributed by atoms with E-state index in [-0.39, 0.29) is 12.1 Å². The van der Waals surface area contributed by atoms with Crippen molar-refractivity contribution in [3.05, 3.63) is 23.8 Å². The van der Waals surface area contributed by atoms with Crippen LogP contribution in [-0.2, 0) is 15.9 Å². The van der Waals surface area contributed by atoms with Gasteiger partial charge in [-0.05, 0) is 18.9 Å². The zero-order chi connectivity index (χ0) is 11.4. The molecule has 16 heavy (non-hydrogen) atoms. The summed E-state index contributed by atoms with van der Waals surface area (Å²) < 4.78 is 10.8. The number of hydrogen-bond acceptors (Lipinski definition) is 5. The molecule has 1 saturated heterocycles. The third-order valence-electron chi connectivity index (χ3n) is 2.39. The van der Waals surface area contributed by atoms with Crippen LogP contribution in [0.3, 0.4) is 0 Å². The maximum atomic E-state index is 5.71. The normalized spacial score (nSPS) is 23.0. The van der Waals surface area contributed by atoms with E-state index in [1.165, 1.54) is 0 Å². The molecule has 88 valence electrons. The molecule has 2 heterocycles. The van der Waals surface area contributed by atoms with Crippen molar-refractivity contribution in [2.75, 3.05) is 19.8 Å². The summed E-state index contributed by atoms with van der Waals surface area (Å²) in [6.45, 7) is 3.76. The molecule has 0 saturated carbocycles. The van der Waals surface area contributed by atoms with Gasteiger partial charge >= 0.3 is 0 Å². The van der Waals surface area contributed by atoms with E-state index in [0.717, 1.165) is 12.0 Å². The summed E-state index contributed by atoms with van der Waals surface area (Å²) in [6, 6.07) is 0.128. The Morgan fingerprint density at radius 2 is 2.19 bits per heavy atom. The Labute approximate surface area is 95.0 Å². The Morgan fingerprint density at radius 1 is 1.44 bits per heavy atom. The van der Waals surface area contributed by atoms with E-state index in [0.29, 0.717) is 25.6 Å². The maximum Gasteiger partial charge on any atom is 0.159 e. The predicted molar refractivity (Wildman–Crippen MR) is 58.9 cm³/mol. The minimum absolute atomic E-state index is 0.127. The van der Waals surface area contributed by atoms with Crippen LogP contribution in [-0.4, -0.2) is 35.8 Å². The second-order valence-electron chi connectivity index (χ2n) is 4.07. The summed E-state index contributed by atoms with van der Waals surface area (Å²) in [5.74, 6) is 0.688. The van der Waals surface area contributed by atoms with Gasteiger partial charge in [-0.25, -0.2) is 9.97 Å². The summed E-state index contributed by atoms with van der Waals surface area (Å²) >= 11 is 0. The standard InChI is InChI=1S/C11H17N3O2/c1-8(12)4-9-5-13-11(14-6-9)10-7-15-2-3-16-10/h5-6,8,10H,2-4,7,12H2,1H3. The SMILES string of the molecule is CC(N)Cc1cnc(C2COCCO2)nc1. The molecule has 0 aliphatic carbocycles. The van der Waals surface area contributed by atoms with Gasteiger partial charge in [0.1, 0.15) is 6.10 Å². The van der Waals surface area contributed by atoms with Crippen LogP contribution in [0.25, 0.3) is 0 Å². The molecule has 1 aliphatic heterocycles. The lowest BCUT2D eigenvalue weighted by Crippen LogP contribution is -2.24. The lowest BCUT2D eigenvalue weighted by molar-refractivity contribution is -0.0935. The van der Waals surface area contributed by atoms with Crippen molar-refractivity contribution >= 4 is 0 Å². The summed E-state index contributed by atoms with van der Waals surface area (Å²) in [5, 5.41) is 0. The highest BCUT2D eigenvalue weighted by Gasteiger charge is 2.18. The van der Waals surface area contributed by atoms with Gasteiger partial charge in [0.15, 0.2) is 5.82 Å². The van der Waals surface area contributed by atoms with Crippen LogP contribution in [0.2, 0.25) is 0 Å². The molecule has 2 N–H and O–H groups in total. The molecule has 1 fully saturated rings. The van der Waals surface area contributed by atoms with Gasteiger partial charge in [0.05, 0.1) is 19.8 Å². The third kappa shape index (κ3) is 2.98. The first-order valence-corrected chi connectivity index (χ1v) is 5.51. The van der Waals surface area contributed by atoms with Crippen molar-refractivity contribution in [2.45, 2.75) is 25.5 Å². The number of ether oxygens (including phenoxy) is 2. The van der Waals surface area contributed by atoms with Crippen LogP contribution in [0, 0.1) is 0 Å². The topological polar surface area (TPSA) is 70.3 Å². The quantitative estimate of drug-likeness (QED) is 0.805. The Kier molecular flexibility index (Phi) is 3.82. The van der Waals surface area contributed by atoms with Crippen molar-refractivity contribution < 1.29 is 9.47 Å². The molecule has 0 spiro atoms. The van der Waals surface area contributed by atoms with E-state index in [1.54, 1.807) is 0 Å². The first-order valence-electron chi connectivity index (χ1n) is 5.51. The van der Waals surface area contributed by atoms with Gasteiger partial charge in [0, 0.05) is 18.4 Å². The first-order chi connectivity index (χ1) is 7.75. The monoisotopic (exact) mass is 223 g/mol. The molecule has 1 aliphatic rings. The number of aromatic nitrogens is 2. The van der Waals surface area contributed by atoms with E-state index in [9.17, 15) is 0 Å². The fraction of sp³-hybridized carbons (Fsp3) is 0.636. The largest absolute Gasteiger partial charge is 0.376 e. The minimum Gasteiger partial charge on any atom is -0.376 e. The Morgan fingerprint density at radius 3 is 2.75 bits per heavy atom. The van der Waals surface area contributed by atoms with Crippen LogP contribution < -0.4 is 5.73 Å². The molecule has 5 heteroatoms. The van der Waals surface area contributed by atoms with Crippen LogP contribution >= 0.6 is 0 Å². The van der Waals surface area contributed by atoms with Crippen molar-refractivity contribution in [2.24, 2.45) is 5.73 Å². The van der Waals surface area contributed by atoms with E-state index in [1.807, 2.05) is 19.3 Å². The molecule has 1 aromatic heterocycles. The van der Waals surface area contributed by atoms with E-state index >= 15 is 0 Å². The molecular formula is C11H17N3O2. The van der Waals surface area contributed by atoms with Crippen molar-refractivity contribution in [3.8, 4) is 0 Å². The number of nitrogens with two attached hydrogens (primary N) is 1. The van der Waals surface area contributed by atoms with E-state index < -0.39 is 0 Å². The Bertz CT molecular complexity index is 321. The lowest BCUT2D eigenvalue weighted by Gasteiger charge is -2.21. The summed E-state index contributed by atoms with van der Waals surface area (Å²) in [5.41, 5.74) is 6.76.